The third-order valence-electron chi connectivity index (χ3n) is 3.22. The van der Waals surface area contributed by atoms with Crippen LogP contribution in [-0.2, 0) is 13.1 Å². The predicted octanol–water partition coefficient (Wildman–Crippen LogP) is 3.28. The van der Waals surface area contributed by atoms with Gasteiger partial charge in [0.25, 0.3) is 0 Å². The molecule has 1 N–H and O–H groups in total. The normalized spacial score (nSPS) is 12.6. The second-order valence-corrected chi connectivity index (χ2v) is 4.73. The Balaban J connectivity index is 1.94. The van der Waals surface area contributed by atoms with Crippen molar-refractivity contribution < 1.29 is 4.39 Å². The molecular formula is C15H20FN3. The highest BCUT2D eigenvalue weighted by atomic mass is 19.1. The van der Waals surface area contributed by atoms with Gasteiger partial charge in [0.15, 0.2) is 0 Å². The van der Waals surface area contributed by atoms with E-state index in [1.165, 1.54) is 17.8 Å². The molecule has 0 saturated carbocycles. The molecule has 0 bridgehead atoms. The number of aryl methyl sites for hydroxylation is 1. The van der Waals surface area contributed by atoms with Gasteiger partial charge in [0.2, 0.25) is 0 Å². The third-order valence-corrected chi connectivity index (χ3v) is 3.22. The van der Waals surface area contributed by atoms with Crippen molar-refractivity contribution in [1.29, 1.82) is 0 Å². The first kappa shape index (κ1) is 13.7. The van der Waals surface area contributed by atoms with E-state index in [0.29, 0.717) is 0 Å². The highest BCUT2D eigenvalue weighted by Crippen LogP contribution is 2.13. The van der Waals surface area contributed by atoms with Crippen molar-refractivity contribution >= 4 is 0 Å². The van der Waals surface area contributed by atoms with Crippen molar-refractivity contribution in [2.24, 2.45) is 0 Å². The Morgan fingerprint density at radius 1 is 1.32 bits per heavy atom. The lowest BCUT2D eigenvalue weighted by Crippen LogP contribution is -2.20. The zero-order valence-corrected chi connectivity index (χ0v) is 11.4. The van der Waals surface area contributed by atoms with Crippen molar-refractivity contribution in [3.8, 4) is 0 Å². The first-order chi connectivity index (χ1) is 9.20. The predicted molar refractivity (Wildman–Crippen MR) is 74.2 cm³/mol. The number of aromatic nitrogens is 2. The molecule has 0 amide bonds. The third kappa shape index (κ3) is 3.64. The second-order valence-electron chi connectivity index (χ2n) is 4.73. The van der Waals surface area contributed by atoms with E-state index < -0.39 is 0 Å². The summed E-state index contributed by atoms with van der Waals surface area (Å²) < 4.78 is 15.0. The highest BCUT2D eigenvalue weighted by molar-refractivity contribution is 5.19. The van der Waals surface area contributed by atoms with Crippen LogP contribution < -0.4 is 5.32 Å². The Morgan fingerprint density at radius 3 is 2.74 bits per heavy atom. The fraction of sp³-hybridized carbons (Fsp3) is 0.400. The van der Waals surface area contributed by atoms with Crippen LogP contribution in [0, 0.1) is 5.82 Å². The van der Waals surface area contributed by atoms with Crippen molar-refractivity contribution in [3.05, 3.63) is 53.9 Å². The van der Waals surface area contributed by atoms with E-state index in [9.17, 15) is 4.39 Å². The van der Waals surface area contributed by atoms with Crippen molar-refractivity contribution in [2.45, 2.75) is 39.4 Å². The van der Waals surface area contributed by atoms with Gasteiger partial charge in [-0.1, -0.05) is 19.1 Å². The maximum atomic E-state index is 12.9. The SMILES string of the molecule is CCCn1cncc1CNC(C)c1ccc(F)cc1. The van der Waals surface area contributed by atoms with Crippen LogP contribution in [0.2, 0.25) is 0 Å². The molecule has 1 aromatic heterocycles. The van der Waals surface area contributed by atoms with E-state index in [4.69, 9.17) is 0 Å². The van der Waals surface area contributed by atoms with E-state index in [2.05, 4.69) is 28.7 Å². The van der Waals surface area contributed by atoms with Gasteiger partial charge in [0.05, 0.1) is 12.0 Å². The Hall–Kier alpha value is -1.68. The van der Waals surface area contributed by atoms with Crippen LogP contribution in [0.5, 0.6) is 0 Å². The number of halogens is 1. The van der Waals surface area contributed by atoms with Crippen LogP contribution >= 0.6 is 0 Å². The molecule has 1 atom stereocenters. The summed E-state index contributed by atoms with van der Waals surface area (Å²) in [7, 11) is 0. The van der Waals surface area contributed by atoms with E-state index >= 15 is 0 Å². The van der Waals surface area contributed by atoms with Gasteiger partial charge in [0.1, 0.15) is 5.82 Å². The molecule has 4 heteroatoms. The molecule has 0 aliphatic heterocycles. The second kappa shape index (κ2) is 6.48. The van der Waals surface area contributed by atoms with Crippen LogP contribution in [0.15, 0.2) is 36.8 Å². The number of nitrogens with zero attached hydrogens (tertiary/aromatic N) is 2. The van der Waals surface area contributed by atoms with E-state index in [0.717, 1.165) is 25.1 Å². The summed E-state index contributed by atoms with van der Waals surface area (Å²) in [6, 6.07) is 6.81. The maximum absolute atomic E-state index is 12.9. The van der Waals surface area contributed by atoms with E-state index in [1.54, 1.807) is 0 Å². The first-order valence-corrected chi connectivity index (χ1v) is 6.68. The van der Waals surface area contributed by atoms with Gasteiger partial charge in [-0.25, -0.2) is 9.37 Å². The molecule has 2 aromatic rings. The molecule has 3 nitrogen and oxygen atoms in total. The van der Waals surface area contributed by atoms with Crippen LogP contribution in [0.25, 0.3) is 0 Å². The Bertz CT molecular complexity index is 504. The van der Waals surface area contributed by atoms with Gasteiger partial charge in [0, 0.05) is 25.3 Å². The van der Waals surface area contributed by atoms with Crippen LogP contribution in [0.3, 0.4) is 0 Å². The molecule has 1 aromatic carbocycles. The van der Waals surface area contributed by atoms with Gasteiger partial charge in [-0.2, -0.15) is 0 Å². The average molecular weight is 261 g/mol. The molecular weight excluding hydrogens is 241 g/mol. The van der Waals surface area contributed by atoms with E-state index in [-0.39, 0.29) is 11.9 Å². The van der Waals surface area contributed by atoms with Crippen molar-refractivity contribution in [1.82, 2.24) is 14.9 Å². The lowest BCUT2D eigenvalue weighted by atomic mass is 10.1. The molecule has 19 heavy (non-hydrogen) atoms. The average Bonchev–Trinajstić information content (AvgIpc) is 2.85. The van der Waals surface area contributed by atoms with Crippen molar-refractivity contribution in [3.63, 3.8) is 0 Å². The summed E-state index contributed by atoms with van der Waals surface area (Å²) in [5.41, 5.74) is 2.26. The van der Waals surface area contributed by atoms with Gasteiger partial charge in [-0.3, -0.25) is 0 Å². The quantitative estimate of drug-likeness (QED) is 0.864. The van der Waals surface area contributed by atoms with E-state index in [1.807, 2.05) is 24.7 Å². The fourth-order valence-corrected chi connectivity index (χ4v) is 2.06. The molecule has 0 fully saturated rings. The molecule has 2 rings (SSSR count). The molecule has 1 heterocycles. The summed E-state index contributed by atoms with van der Waals surface area (Å²) in [5.74, 6) is -0.197. The molecule has 1 unspecified atom stereocenters. The molecule has 0 spiro atoms. The summed E-state index contributed by atoms with van der Waals surface area (Å²) >= 11 is 0. The topological polar surface area (TPSA) is 29.9 Å². The van der Waals surface area contributed by atoms with Gasteiger partial charge in [-0.05, 0) is 31.0 Å². The fourth-order valence-electron chi connectivity index (χ4n) is 2.06. The van der Waals surface area contributed by atoms with Gasteiger partial charge < -0.3 is 9.88 Å². The van der Waals surface area contributed by atoms with Crippen LogP contribution in [0.1, 0.15) is 37.6 Å². The molecule has 0 aliphatic carbocycles. The summed E-state index contributed by atoms with van der Waals surface area (Å²) in [4.78, 5) is 4.18. The van der Waals surface area contributed by atoms with Crippen LogP contribution in [-0.4, -0.2) is 9.55 Å². The number of imidazole rings is 1. The first-order valence-electron chi connectivity index (χ1n) is 6.68. The highest BCUT2D eigenvalue weighted by Gasteiger charge is 2.07. The van der Waals surface area contributed by atoms with Crippen molar-refractivity contribution in [2.75, 3.05) is 0 Å². The number of rotatable bonds is 6. The summed E-state index contributed by atoms with van der Waals surface area (Å²) in [6.07, 6.45) is 4.85. The summed E-state index contributed by atoms with van der Waals surface area (Å²) in [6.45, 7) is 5.98. The molecule has 0 radical (unpaired) electrons. The smallest absolute Gasteiger partial charge is 0.123 e. The summed E-state index contributed by atoms with van der Waals surface area (Å²) in [5, 5.41) is 3.44. The van der Waals surface area contributed by atoms with Gasteiger partial charge >= 0.3 is 0 Å². The number of nitrogens with one attached hydrogen (secondary N) is 1. The lowest BCUT2D eigenvalue weighted by Gasteiger charge is -2.15. The monoisotopic (exact) mass is 261 g/mol. The number of hydrogen-bond acceptors (Lipinski definition) is 2. The molecule has 0 saturated heterocycles. The lowest BCUT2D eigenvalue weighted by molar-refractivity contribution is 0.540. The Morgan fingerprint density at radius 2 is 2.05 bits per heavy atom. The maximum Gasteiger partial charge on any atom is 0.123 e. The molecule has 102 valence electrons. The number of benzene rings is 1. The Kier molecular flexibility index (Phi) is 4.68. The number of hydrogen-bond donors (Lipinski definition) is 1. The zero-order chi connectivity index (χ0) is 13.7. The Labute approximate surface area is 113 Å². The molecule has 0 aliphatic rings. The minimum Gasteiger partial charge on any atom is -0.333 e. The van der Waals surface area contributed by atoms with Gasteiger partial charge in [-0.15, -0.1) is 0 Å². The standard InChI is InChI=1S/C15H20FN3/c1-3-8-19-11-17-9-15(19)10-18-12(2)13-4-6-14(16)7-5-13/h4-7,9,11-12,18H,3,8,10H2,1-2H3. The minimum absolute atomic E-state index is 0.186. The largest absolute Gasteiger partial charge is 0.333 e. The van der Waals surface area contributed by atoms with Crippen LogP contribution in [0.4, 0.5) is 4.39 Å². The zero-order valence-electron chi connectivity index (χ0n) is 11.4. The minimum atomic E-state index is -0.197.